The normalized spacial score (nSPS) is 28.1. The molecule has 58 valence electrons. The summed E-state index contributed by atoms with van der Waals surface area (Å²) in [7, 11) is 0. The van der Waals surface area contributed by atoms with Crippen molar-refractivity contribution in [3.05, 3.63) is 0 Å². The molecule has 0 bridgehead atoms. The molecule has 0 saturated carbocycles. The third-order valence-electron chi connectivity index (χ3n) is 1.92. The minimum atomic E-state index is 0.323. The first-order valence-electron chi connectivity index (χ1n) is 3.69. The van der Waals surface area contributed by atoms with Gasteiger partial charge < -0.3 is 4.79 Å². The van der Waals surface area contributed by atoms with Crippen molar-refractivity contribution in [3.63, 3.8) is 0 Å². The van der Waals surface area contributed by atoms with Crippen molar-refractivity contribution in [2.75, 3.05) is 0 Å². The van der Waals surface area contributed by atoms with Gasteiger partial charge in [0.15, 0.2) is 0 Å². The Morgan fingerprint density at radius 1 is 1.60 bits per heavy atom. The van der Waals surface area contributed by atoms with Crippen molar-refractivity contribution < 1.29 is 4.79 Å². The predicted molar refractivity (Wildman–Crippen MR) is 45.4 cm³/mol. The van der Waals surface area contributed by atoms with E-state index in [2.05, 4.69) is 13.8 Å². The van der Waals surface area contributed by atoms with E-state index < -0.39 is 0 Å². The van der Waals surface area contributed by atoms with Crippen LogP contribution in [0, 0.1) is 0 Å². The fourth-order valence-corrected chi connectivity index (χ4v) is 2.09. The highest BCUT2D eigenvalue weighted by atomic mass is 32.2. The monoisotopic (exact) mass is 158 g/mol. The van der Waals surface area contributed by atoms with Crippen LogP contribution in [0.15, 0.2) is 0 Å². The van der Waals surface area contributed by atoms with Crippen LogP contribution in [0.4, 0.5) is 0 Å². The van der Waals surface area contributed by atoms with Gasteiger partial charge in [0.2, 0.25) is 0 Å². The van der Waals surface area contributed by atoms with Crippen LogP contribution in [0.2, 0.25) is 0 Å². The summed E-state index contributed by atoms with van der Waals surface area (Å²) in [4.78, 5) is 10.6. The second-order valence-electron chi connectivity index (χ2n) is 3.45. The lowest BCUT2D eigenvalue weighted by Gasteiger charge is -1.96. The number of Topliss-reactive ketones (excluding diaryl/α,β-unsaturated/α-hetero) is 1. The molecular formula is C8H14OS. The maximum atomic E-state index is 10.6. The minimum absolute atomic E-state index is 0.323. The van der Waals surface area contributed by atoms with Crippen molar-refractivity contribution in [2.45, 2.75) is 43.6 Å². The minimum Gasteiger partial charge on any atom is -0.300 e. The van der Waals surface area contributed by atoms with E-state index in [-0.39, 0.29) is 0 Å². The van der Waals surface area contributed by atoms with Gasteiger partial charge in [-0.15, -0.1) is 11.8 Å². The number of carbonyl (C=O) groups excluding carboxylic acids is 1. The number of thioether (sulfide) groups is 1. The van der Waals surface area contributed by atoms with E-state index in [1.54, 1.807) is 6.92 Å². The molecule has 1 aliphatic rings. The molecule has 1 rings (SSSR count). The zero-order valence-corrected chi connectivity index (χ0v) is 7.62. The number of carbonyl (C=O) groups is 1. The molecule has 1 heterocycles. The summed E-state index contributed by atoms with van der Waals surface area (Å²) in [6.45, 7) is 6.14. The third-order valence-corrected chi connectivity index (χ3v) is 3.67. The van der Waals surface area contributed by atoms with Crippen molar-refractivity contribution in [1.82, 2.24) is 0 Å². The Morgan fingerprint density at radius 2 is 2.10 bits per heavy atom. The van der Waals surface area contributed by atoms with Gasteiger partial charge in [-0.25, -0.2) is 0 Å². The van der Waals surface area contributed by atoms with E-state index in [1.807, 2.05) is 11.8 Å². The highest BCUT2D eigenvalue weighted by Crippen LogP contribution is 2.54. The molecule has 10 heavy (non-hydrogen) atoms. The summed E-state index contributed by atoms with van der Waals surface area (Å²) in [6, 6.07) is 0. The number of hydrogen-bond acceptors (Lipinski definition) is 2. The topological polar surface area (TPSA) is 17.1 Å². The summed E-state index contributed by atoms with van der Waals surface area (Å²) in [5.74, 6) is 0.323. The molecule has 2 heteroatoms. The van der Waals surface area contributed by atoms with Crippen LogP contribution in [0.3, 0.4) is 0 Å². The molecule has 1 atom stereocenters. The summed E-state index contributed by atoms with van der Waals surface area (Å²) in [5.41, 5.74) is 0. The molecule has 1 fully saturated rings. The number of hydrogen-bond donors (Lipinski definition) is 0. The number of rotatable bonds is 3. The molecule has 0 aromatic rings. The quantitative estimate of drug-likeness (QED) is 0.586. The molecule has 0 N–H and O–H groups in total. The fraction of sp³-hybridized carbons (Fsp3) is 0.875. The van der Waals surface area contributed by atoms with Crippen LogP contribution in [-0.2, 0) is 4.79 Å². The molecule has 1 aliphatic heterocycles. The summed E-state index contributed by atoms with van der Waals surface area (Å²) >= 11 is 1.98. The van der Waals surface area contributed by atoms with E-state index in [0.717, 1.165) is 18.1 Å². The average molecular weight is 158 g/mol. The molecule has 0 radical (unpaired) electrons. The maximum absolute atomic E-state index is 10.6. The Morgan fingerprint density at radius 3 is 2.40 bits per heavy atom. The first-order valence-corrected chi connectivity index (χ1v) is 4.57. The van der Waals surface area contributed by atoms with Crippen LogP contribution in [-0.4, -0.2) is 15.8 Å². The van der Waals surface area contributed by atoms with E-state index >= 15 is 0 Å². The van der Waals surface area contributed by atoms with Crippen LogP contribution in [0.1, 0.15) is 33.6 Å². The fourth-order valence-electron chi connectivity index (χ4n) is 1.07. The number of ketones is 1. The third kappa shape index (κ3) is 2.01. The van der Waals surface area contributed by atoms with E-state index in [4.69, 9.17) is 0 Å². The van der Waals surface area contributed by atoms with E-state index in [1.165, 1.54) is 0 Å². The SMILES string of the molecule is CC(=O)CCC1SC1(C)C. The first-order chi connectivity index (χ1) is 4.52. The van der Waals surface area contributed by atoms with Gasteiger partial charge in [-0.3, -0.25) is 0 Å². The molecule has 1 saturated heterocycles. The van der Waals surface area contributed by atoms with Crippen LogP contribution in [0.25, 0.3) is 0 Å². The Labute approximate surface area is 66.6 Å². The molecule has 0 spiro atoms. The standard InChI is InChI=1S/C8H14OS/c1-6(9)4-5-7-8(2,3)10-7/h7H,4-5H2,1-3H3. The van der Waals surface area contributed by atoms with Gasteiger partial charge in [0.05, 0.1) is 0 Å². The Bertz CT molecular complexity index is 151. The maximum Gasteiger partial charge on any atom is 0.129 e. The lowest BCUT2D eigenvalue weighted by atomic mass is 10.1. The van der Waals surface area contributed by atoms with Crippen LogP contribution >= 0.6 is 11.8 Å². The van der Waals surface area contributed by atoms with Gasteiger partial charge in [-0.1, -0.05) is 0 Å². The van der Waals surface area contributed by atoms with Crippen molar-refractivity contribution in [2.24, 2.45) is 0 Å². The summed E-state index contributed by atoms with van der Waals surface area (Å²) in [5, 5.41) is 0.747. The van der Waals surface area contributed by atoms with Gasteiger partial charge in [0, 0.05) is 16.4 Å². The highest BCUT2D eigenvalue weighted by Gasteiger charge is 2.46. The first kappa shape index (κ1) is 8.12. The second kappa shape index (κ2) is 2.57. The van der Waals surface area contributed by atoms with Crippen molar-refractivity contribution >= 4 is 17.5 Å². The molecule has 1 unspecified atom stereocenters. The molecule has 0 aliphatic carbocycles. The highest BCUT2D eigenvalue weighted by molar-refractivity contribution is 8.08. The van der Waals surface area contributed by atoms with E-state index in [9.17, 15) is 4.79 Å². The van der Waals surface area contributed by atoms with E-state index in [0.29, 0.717) is 10.5 Å². The molecular weight excluding hydrogens is 144 g/mol. The van der Waals surface area contributed by atoms with Crippen LogP contribution < -0.4 is 0 Å². The molecule has 1 nitrogen and oxygen atoms in total. The van der Waals surface area contributed by atoms with Gasteiger partial charge in [0.1, 0.15) is 5.78 Å². The van der Waals surface area contributed by atoms with Gasteiger partial charge >= 0.3 is 0 Å². The molecule has 0 aromatic heterocycles. The molecule has 0 aromatic carbocycles. The summed E-state index contributed by atoms with van der Waals surface area (Å²) < 4.78 is 0.468. The summed E-state index contributed by atoms with van der Waals surface area (Å²) in [6.07, 6.45) is 1.84. The Hall–Kier alpha value is 0.0200. The molecule has 0 amide bonds. The van der Waals surface area contributed by atoms with Crippen molar-refractivity contribution in [1.29, 1.82) is 0 Å². The zero-order valence-electron chi connectivity index (χ0n) is 6.81. The Kier molecular flexibility index (Phi) is 2.09. The average Bonchev–Trinajstić information content (AvgIpc) is 2.35. The van der Waals surface area contributed by atoms with Gasteiger partial charge in [-0.2, -0.15) is 0 Å². The predicted octanol–water partition coefficient (Wildman–Crippen LogP) is 2.25. The van der Waals surface area contributed by atoms with Crippen LogP contribution in [0.5, 0.6) is 0 Å². The zero-order chi connectivity index (χ0) is 7.78. The Balaban J connectivity index is 2.13. The lowest BCUT2D eigenvalue weighted by molar-refractivity contribution is -0.117. The van der Waals surface area contributed by atoms with Gasteiger partial charge in [-0.05, 0) is 27.2 Å². The smallest absolute Gasteiger partial charge is 0.129 e. The second-order valence-corrected chi connectivity index (χ2v) is 5.31. The lowest BCUT2D eigenvalue weighted by Crippen LogP contribution is -2.04. The largest absolute Gasteiger partial charge is 0.300 e. The van der Waals surface area contributed by atoms with Gasteiger partial charge in [0.25, 0.3) is 0 Å². The van der Waals surface area contributed by atoms with Crippen molar-refractivity contribution in [3.8, 4) is 0 Å².